The van der Waals surface area contributed by atoms with Gasteiger partial charge in [0.1, 0.15) is 6.10 Å². The topological polar surface area (TPSA) is 73.6 Å². The molecule has 0 spiro atoms. The third-order valence-corrected chi connectivity index (χ3v) is 2.72. The molecule has 1 saturated carbocycles. The van der Waals surface area contributed by atoms with Crippen molar-refractivity contribution in [1.82, 2.24) is 5.73 Å². The smallest absolute Gasteiger partial charge is 0.238 e. The summed E-state index contributed by atoms with van der Waals surface area (Å²) in [6.07, 6.45) is 1.65. The molecule has 1 aliphatic carbocycles. The van der Waals surface area contributed by atoms with Gasteiger partial charge in [0.2, 0.25) is 5.91 Å². The minimum atomic E-state index is -0.538. The lowest BCUT2D eigenvalue weighted by Gasteiger charge is -2.15. The van der Waals surface area contributed by atoms with Crippen LogP contribution in [0.25, 0.3) is 0 Å². The Kier molecular flexibility index (Phi) is 1.81. The Balaban J connectivity index is 1.78. The molecule has 2 fully saturated rings. The number of carbonyl (C=O) groups excluding carboxylic acids is 1. The fourth-order valence-electron chi connectivity index (χ4n) is 1.96. The van der Waals surface area contributed by atoms with Crippen LogP contribution >= 0.6 is 0 Å². The normalized spacial score (nSPS) is 44.1. The van der Waals surface area contributed by atoms with E-state index in [0.29, 0.717) is 6.42 Å². The van der Waals surface area contributed by atoms with Gasteiger partial charge in [-0.1, -0.05) is 0 Å². The summed E-state index contributed by atoms with van der Waals surface area (Å²) in [5, 5.41) is 9.51. The summed E-state index contributed by atoms with van der Waals surface area (Å²) in [5.41, 5.74) is 6.72. The van der Waals surface area contributed by atoms with E-state index >= 15 is 0 Å². The van der Waals surface area contributed by atoms with E-state index in [1.807, 2.05) is 0 Å². The summed E-state index contributed by atoms with van der Waals surface area (Å²) in [7, 11) is 0. The lowest BCUT2D eigenvalue weighted by Crippen LogP contribution is -2.21. The number of hydrogen-bond donors (Lipinski definition) is 1. The van der Waals surface area contributed by atoms with Crippen LogP contribution in [0.1, 0.15) is 19.3 Å². The van der Waals surface area contributed by atoms with Crippen molar-refractivity contribution in [3.05, 3.63) is 0 Å². The van der Waals surface area contributed by atoms with Crippen molar-refractivity contribution in [2.45, 2.75) is 37.6 Å². The number of fused-ring (bicyclic) bond motifs is 1. The zero-order valence-electron chi connectivity index (χ0n) is 6.69. The van der Waals surface area contributed by atoms with Gasteiger partial charge in [-0.05, 0) is 18.8 Å². The lowest BCUT2D eigenvalue weighted by molar-refractivity contribution is -0.119. The van der Waals surface area contributed by atoms with Crippen molar-refractivity contribution >= 4 is 5.91 Å². The standard InChI is InChI=1S/C8H12NO3/c9-6(10)2-1-4-3-5-8(12-5)7(4)11/h4-5,7-9,11H,1-3H2. The van der Waals surface area contributed by atoms with Gasteiger partial charge in [-0.25, -0.2) is 0 Å². The maximum atomic E-state index is 10.4. The molecule has 4 heteroatoms. The molecule has 0 aromatic carbocycles. The molecule has 2 aliphatic rings. The summed E-state index contributed by atoms with van der Waals surface area (Å²) in [4.78, 5) is 10.4. The predicted molar refractivity (Wildman–Crippen MR) is 40.1 cm³/mol. The van der Waals surface area contributed by atoms with Crippen molar-refractivity contribution in [3.8, 4) is 0 Å². The molecule has 4 unspecified atom stereocenters. The van der Waals surface area contributed by atoms with Gasteiger partial charge in [0.05, 0.1) is 12.2 Å². The zero-order chi connectivity index (χ0) is 8.72. The number of aliphatic hydroxyl groups is 1. The molecule has 1 aliphatic heterocycles. The maximum Gasteiger partial charge on any atom is 0.238 e. The number of epoxide rings is 1. The molecule has 67 valence electrons. The van der Waals surface area contributed by atoms with Crippen LogP contribution in [0.2, 0.25) is 0 Å². The van der Waals surface area contributed by atoms with Crippen LogP contribution in [-0.4, -0.2) is 29.3 Å². The minimum Gasteiger partial charge on any atom is -0.390 e. The average Bonchev–Trinajstić information content (AvgIpc) is 2.70. The van der Waals surface area contributed by atoms with Gasteiger partial charge in [-0.3, -0.25) is 10.5 Å². The van der Waals surface area contributed by atoms with Crippen LogP contribution in [0.15, 0.2) is 0 Å². The van der Waals surface area contributed by atoms with Gasteiger partial charge in [0.25, 0.3) is 0 Å². The van der Waals surface area contributed by atoms with Crippen LogP contribution in [0, 0.1) is 5.92 Å². The van der Waals surface area contributed by atoms with E-state index < -0.39 is 12.0 Å². The molecule has 12 heavy (non-hydrogen) atoms. The molecule has 0 aromatic heterocycles. The van der Waals surface area contributed by atoms with Crippen molar-refractivity contribution in [2.24, 2.45) is 5.92 Å². The van der Waals surface area contributed by atoms with Crippen LogP contribution in [0.5, 0.6) is 0 Å². The molecule has 1 heterocycles. The third-order valence-electron chi connectivity index (χ3n) is 2.72. The Morgan fingerprint density at radius 2 is 2.42 bits per heavy atom. The van der Waals surface area contributed by atoms with E-state index in [4.69, 9.17) is 10.5 Å². The Morgan fingerprint density at radius 1 is 1.67 bits per heavy atom. The molecule has 4 nitrogen and oxygen atoms in total. The van der Waals surface area contributed by atoms with E-state index in [2.05, 4.69) is 0 Å². The Bertz CT molecular complexity index is 206. The molecule has 1 saturated heterocycles. The maximum absolute atomic E-state index is 10.4. The average molecular weight is 170 g/mol. The molecule has 0 bridgehead atoms. The first-order valence-electron chi connectivity index (χ1n) is 4.26. The van der Waals surface area contributed by atoms with Crippen molar-refractivity contribution in [1.29, 1.82) is 0 Å². The number of amides is 1. The molecule has 2 N–H and O–H groups in total. The first kappa shape index (κ1) is 8.01. The highest BCUT2D eigenvalue weighted by molar-refractivity contribution is 5.72. The van der Waals surface area contributed by atoms with E-state index in [-0.39, 0.29) is 24.5 Å². The van der Waals surface area contributed by atoms with Crippen LogP contribution in [0.3, 0.4) is 0 Å². The van der Waals surface area contributed by atoms with Crippen LogP contribution in [0.4, 0.5) is 0 Å². The second-order valence-electron chi connectivity index (χ2n) is 3.59. The second kappa shape index (κ2) is 2.71. The number of rotatable bonds is 3. The highest BCUT2D eigenvalue weighted by Crippen LogP contribution is 2.43. The molecule has 1 radical (unpaired) electrons. The van der Waals surface area contributed by atoms with Gasteiger partial charge in [0.15, 0.2) is 0 Å². The number of ether oxygens (including phenoxy) is 1. The van der Waals surface area contributed by atoms with E-state index in [1.165, 1.54) is 0 Å². The monoisotopic (exact) mass is 170 g/mol. The number of aliphatic hydroxyl groups excluding tert-OH is 1. The second-order valence-corrected chi connectivity index (χ2v) is 3.59. The highest BCUT2D eigenvalue weighted by Gasteiger charge is 2.54. The predicted octanol–water partition coefficient (Wildman–Crippen LogP) is -0.276. The Labute approximate surface area is 70.7 Å². The van der Waals surface area contributed by atoms with E-state index in [0.717, 1.165) is 6.42 Å². The van der Waals surface area contributed by atoms with Gasteiger partial charge in [-0.2, -0.15) is 0 Å². The Hall–Kier alpha value is -0.610. The lowest BCUT2D eigenvalue weighted by atomic mass is 9.98. The van der Waals surface area contributed by atoms with Crippen LogP contribution < -0.4 is 5.73 Å². The van der Waals surface area contributed by atoms with Gasteiger partial charge in [0, 0.05) is 6.42 Å². The summed E-state index contributed by atoms with van der Waals surface area (Å²) in [6, 6.07) is 0. The van der Waals surface area contributed by atoms with E-state index in [9.17, 15) is 9.90 Å². The minimum absolute atomic E-state index is 0.0378. The molecule has 0 aromatic rings. The fraction of sp³-hybridized carbons (Fsp3) is 0.875. The quantitative estimate of drug-likeness (QED) is 0.592. The largest absolute Gasteiger partial charge is 0.390 e. The van der Waals surface area contributed by atoms with Crippen molar-refractivity contribution in [2.75, 3.05) is 0 Å². The van der Waals surface area contributed by atoms with Crippen molar-refractivity contribution in [3.63, 3.8) is 0 Å². The summed E-state index contributed by atoms with van der Waals surface area (Å²) >= 11 is 0. The summed E-state index contributed by atoms with van der Waals surface area (Å²) in [5.74, 6) is -0.355. The van der Waals surface area contributed by atoms with Crippen molar-refractivity contribution < 1.29 is 14.6 Å². The molecule has 1 amide bonds. The summed E-state index contributed by atoms with van der Waals surface area (Å²) in [6.45, 7) is 0. The molecular formula is C8H12NO3. The Morgan fingerprint density at radius 3 is 2.92 bits per heavy atom. The van der Waals surface area contributed by atoms with Crippen LogP contribution in [-0.2, 0) is 9.53 Å². The molecular weight excluding hydrogens is 158 g/mol. The number of carbonyl (C=O) groups is 1. The third kappa shape index (κ3) is 1.32. The van der Waals surface area contributed by atoms with Gasteiger partial charge in [-0.15, -0.1) is 0 Å². The number of hydrogen-bond acceptors (Lipinski definition) is 3. The number of nitrogens with one attached hydrogen (secondary N) is 1. The highest BCUT2D eigenvalue weighted by atomic mass is 16.6. The summed E-state index contributed by atoms with van der Waals surface area (Å²) < 4.78 is 5.12. The zero-order valence-corrected chi connectivity index (χ0v) is 6.69. The SMILES string of the molecule is [NH]C(=O)CCC1CC2OC2C1O. The first-order chi connectivity index (χ1) is 5.68. The first-order valence-corrected chi connectivity index (χ1v) is 4.26. The van der Waals surface area contributed by atoms with Gasteiger partial charge < -0.3 is 9.84 Å². The van der Waals surface area contributed by atoms with Gasteiger partial charge >= 0.3 is 0 Å². The fourth-order valence-corrected chi connectivity index (χ4v) is 1.96. The van der Waals surface area contributed by atoms with E-state index in [1.54, 1.807) is 0 Å². The molecule has 2 rings (SSSR count). The molecule has 4 atom stereocenters.